The lowest BCUT2D eigenvalue weighted by molar-refractivity contribution is -0.220. The van der Waals surface area contributed by atoms with Crippen molar-refractivity contribution in [3.05, 3.63) is 69.1 Å². The maximum absolute atomic E-state index is 14.3. The quantitative estimate of drug-likeness (QED) is 0.844. The number of aromatic amines is 1. The number of carbonyl (C=O) groups is 1. The van der Waals surface area contributed by atoms with E-state index < -0.39 is 23.2 Å². The van der Waals surface area contributed by atoms with Gasteiger partial charge in [0.2, 0.25) is 0 Å². The van der Waals surface area contributed by atoms with Crippen molar-refractivity contribution in [1.29, 1.82) is 0 Å². The number of alkyl halides is 3. The van der Waals surface area contributed by atoms with Gasteiger partial charge in [-0.25, -0.2) is 0 Å². The van der Waals surface area contributed by atoms with Crippen LogP contribution in [0.2, 0.25) is 0 Å². The first-order chi connectivity index (χ1) is 13.3. The standard InChI is InChI=1S/C21H21F3N2O2/c22-21(23,24)20(15-8-2-1-3-9-15)11-6-12-26(20)19(28)16-13-14-7-4-5-10-17(14)25-18(16)27/h1-3,8-9,13H,4-7,10-12H2,(H,25,27)/t20-/m0/s1. The van der Waals surface area contributed by atoms with E-state index in [-0.39, 0.29) is 30.5 Å². The van der Waals surface area contributed by atoms with E-state index in [2.05, 4.69) is 4.98 Å². The van der Waals surface area contributed by atoms with E-state index >= 15 is 0 Å². The second-order valence-corrected chi connectivity index (χ2v) is 7.51. The van der Waals surface area contributed by atoms with Crippen LogP contribution in [0.1, 0.15) is 52.9 Å². The molecule has 28 heavy (non-hydrogen) atoms. The molecule has 1 aromatic heterocycles. The number of nitrogens with zero attached hydrogens (tertiary/aromatic N) is 1. The van der Waals surface area contributed by atoms with Crippen molar-refractivity contribution in [3.63, 3.8) is 0 Å². The molecule has 4 nitrogen and oxygen atoms in total. The molecular formula is C21H21F3N2O2. The Morgan fingerprint density at radius 2 is 1.79 bits per heavy atom. The van der Waals surface area contributed by atoms with Gasteiger partial charge in [0, 0.05) is 12.2 Å². The van der Waals surface area contributed by atoms with Gasteiger partial charge in [-0.3, -0.25) is 9.59 Å². The zero-order valence-electron chi connectivity index (χ0n) is 15.3. The number of H-pyrrole nitrogens is 1. The first kappa shape index (κ1) is 18.8. The van der Waals surface area contributed by atoms with Gasteiger partial charge in [0.25, 0.3) is 11.5 Å². The number of likely N-dealkylation sites (tertiary alicyclic amines) is 1. The lowest BCUT2D eigenvalue weighted by Gasteiger charge is -2.40. The fourth-order valence-corrected chi connectivity index (χ4v) is 4.55. The van der Waals surface area contributed by atoms with Crippen molar-refractivity contribution in [2.24, 2.45) is 0 Å². The molecule has 2 aliphatic rings. The Hall–Kier alpha value is -2.57. The number of aromatic nitrogens is 1. The Kier molecular flexibility index (Phi) is 4.56. The van der Waals surface area contributed by atoms with Gasteiger partial charge in [-0.1, -0.05) is 30.3 Å². The van der Waals surface area contributed by atoms with Crippen LogP contribution in [0.5, 0.6) is 0 Å². The highest BCUT2D eigenvalue weighted by Gasteiger charge is 2.63. The number of carbonyl (C=O) groups excluding carboxylic acids is 1. The van der Waals surface area contributed by atoms with Crippen LogP contribution in [0.3, 0.4) is 0 Å². The van der Waals surface area contributed by atoms with Crippen LogP contribution in [0.15, 0.2) is 41.2 Å². The molecule has 0 saturated carbocycles. The van der Waals surface area contributed by atoms with Gasteiger partial charge in [0.1, 0.15) is 5.56 Å². The number of halogens is 3. The van der Waals surface area contributed by atoms with Crippen LogP contribution in [-0.2, 0) is 18.4 Å². The molecule has 1 aliphatic carbocycles. The van der Waals surface area contributed by atoms with Gasteiger partial charge in [-0.15, -0.1) is 0 Å². The minimum Gasteiger partial charge on any atom is -0.325 e. The Morgan fingerprint density at radius 3 is 2.50 bits per heavy atom. The summed E-state index contributed by atoms with van der Waals surface area (Å²) in [5, 5.41) is 0. The smallest absolute Gasteiger partial charge is 0.325 e. The molecule has 1 saturated heterocycles. The molecule has 1 fully saturated rings. The zero-order valence-corrected chi connectivity index (χ0v) is 15.3. The first-order valence-corrected chi connectivity index (χ1v) is 9.54. The Balaban J connectivity index is 1.81. The molecule has 1 amide bonds. The predicted molar refractivity (Wildman–Crippen MR) is 98.2 cm³/mol. The summed E-state index contributed by atoms with van der Waals surface area (Å²) in [7, 11) is 0. The number of fused-ring (bicyclic) bond motifs is 1. The summed E-state index contributed by atoms with van der Waals surface area (Å²) in [5.41, 5.74) is -1.55. The molecule has 1 N–H and O–H groups in total. The largest absolute Gasteiger partial charge is 0.415 e. The van der Waals surface area contributed by atoms with Gasteiger partial charge in [-0.2, -0.15) is 13.2 Å². The summed E-state index contributed by atoms with van der Waals surface area (Å²) in [4.78, 5) is 29.3. The van der Waals surface area contributed by atoms with E-state index in [1.165, 1.54) is 30.3 Å². The van der Waals surface area contributed by atoms with Gasteiger partial charge in [0.05, 0.1) is 0 Å². The van der Waals surface area contributed by atoms with Gasteiger partial charge in [0.15, 0.2) is 5.54 Å². The molecular weight excluding hydrogens is 369 g/mol. The molecule has 2 aromatic rings. The topological polar surface area (TPSA) is 53.2 Å². The van der Waals surface area contributed by atoms with Crippen LogP contribution in [0.25, 0.3) is 0 Å². The molecule has 1 aromatic carbocycles. The summed E-state index contributed by atoms with van der Waals surface area (Å²) in [5.74, 6) is -0.853. The number of hydrogen-bond donors (Lipinski definition) is 1. The van der Waals surface area contributed by atoms with E-state index in [4.69, 9.17) is 0 Å². The average Bonchev–Trinajstić information content (AvgIpc) is 3.14. The Morgan fingerprint density at radius 1 is 1.07 bits per heavy atom. The monoisotopic (exact) mass is 390 g/mol. The van der Waals surface area contributed by atoms with Crippen molar-refractivity contribution in [2.45, 2.75) is 50.2 Å². The third kappa shape index (κ3) is 2.84. The number of aryl methyl sites for hydroxylation is 2. The highest BCUT2D eigenvalue weighted by molar-refractivity contribution is 5.95. The fourth-order valence-electron chi connectivity index (χ4n) is 4.55. The van der Waals surface area contributed by atoms with Crippen molar-refractivity contribution >= 4 is 5.91 Å². The number of nitrogens with one attached hydrogen (secondary N) is 1. The van der Waals surface area contributed by atoms with E-state index in [0.717, 1.165) is 41.8 Å². The van der Waals surface area contributed by atoms with Crippen LogP contribution in [-0.4, -0.2) is 28.5 Å². The SMILES string of the molecule is O=C(c1cc2c([nH]c1=O)CCCC2)N1CCC[C@]1(c1ccccc1)C(F)(F)F. The van der Waals surface area contributed by atoms with Crippen molar-refractivity contribution in [2.75, 3.05) is 6.54 Å². The van der Waals surface area contributed by atoms with E-state index in [1.807, 2.05) is 0 Å². The molecule has 2 heterocycles. The van der Waals surface area contributed by atoms with Crippen LogP contribution in [0.4, 0.5) is 13.2 Å². The maximum Gasteiger partial charge on any atom is 0.415 e. The molecule has 148 valence electrons. The minimum atomic E-state index is -4.65. The van der Waals surface area contributed by atoms with Crippen molar-refractivity contribution in [1.82, 2.24) is 9.88 Å². The fraction of sp³-hybridized carbons (Fsp3) is 0.429. The third-order valence-electron chi connectivity index (χ3n) is 5.92. The van der Waals surface area contributed by atoms with Crippen LogP contribution in [0, 0.1) is 0 Å². The van der Waals surface area contributed by atoms with E-state index in [0.29, 0.717) is 0 Å². The lowest BCUT2D eigenvalue weighted by atomic mass is 9.86. The highest BCUT2D eigenvalue weighted by atomic mass is 19.4. The van der Waals surface area contributed by atoms with Crippen LogP contribution >= 0.6 is 0 Å². The van der Waals surface area contributed by atoms with Gasteiger partial charge in [-0.05, 0) is 55.7 Å². The maximum atomic E-state index is 14.3. The van der Waals surface area contributed by atoms with Gasteiger partial charge >= 0.3 is 6.18 Å². The molecule has 7 heteroatoms. The summed E-state index contributed by atoms with van der Waals surface area (Å²) >= 11 is 0. The summed E-state index contributed by atoms with van der Waals surface area (Å²) in [6.45, 7) is -0.0379. The normalized spacial score (nSPS) is 22.2. The molecule has 1 atom stereocenters. The highest BCUT2D eigenvalue weighted by Crippen LogP contribution is 2.51. The Labute approximate surface area is 160 Å². The molecule has 4 rings (SSSR count). The van der Waals surface area contributed by atoms with Crippen molar-refractivity contribution in [3.8, 4) is 0 Å². The zero-order chi connectivity index (χ0) is 19.9. The summed E-state index contributed by atoms with van der Waals surface area (Å²) in [6.07, 6.45) is -1.31. The second-order valence-electron chi connectivity index (χ2n) is 7.51. The molecule has 0 unspecified atom stereocenters. The van der Waals surface area contributed by atoms with Gasteiger partial charge < -0.3 is 9.88 Å². The number of benzene rings is 1. The number of amides is 1. The third-order valence-corrected chi connectivity index (χ3v) is 5.92. The molecule has 0 spiro atoms. The number of hydrogen-bond acceptors (Lipinski definition) is 2. The van der Waals surface area contributed by atoms with E-state index in [1.54, 1.807) is 6.07 Å². The molecule has 1 aliphatic heterocycles. The second kappa shape index (κ2) is 6.79. The molecule has 0 bridgehead atoms. The summed E-state index contributed by atoms with van der Waals surface area (Å²) in [6, 6.07) is 9.01. The number of rotatable bonds is 2. The number of pyridine rings is 1. The first-order valence-electron chi connectivity index (χ1n) is 9.54. The Bertz CT molecular complexity index is 952. The van der Waals surface area contributed by atoms with Crippen molar-refractivity contribution < 1.29 is 18.0 Å². The van der Waals surface area contributed by atoms with Crippen LogP contribution < -0.4 is 5.56 Å². The molecule has 0 radical (unpaired) electrons. The summed E-state index contributed by atoms with van der Waals surface area (Å²) < 4.78 is 43.0. The predicted octanol–water partition coefficient (Wildman–Crippen LogP) is 3.95. The van der Waals surface area contributed by atoms with E-state index in [9.17, 15) is 22.8 Å². The lowest BCUT2D eigenvalue weighted by Crippen LogP contribution is -2.55. The minimum absolute atomic E-state index is 0.0303. The average molecular weight is 390 g/mol.